The van der Waals surface area contributed by atoms with Crippen LogP contribution in [0.5, 0.6) is 0 Å². The Balaban J connectivity index is 0.000000743. The molecule has 2 aromatic rings. The van der Waals surface area contributed by atoms with Crippen LogP contribution < -0.4 is 21.5 Å². The molecule has 222 valence electrons. The lowest BCUT2D eigenvalue weighted by molar-refractivity contribution is -0.384. The molecule has 2 rings (SSSR count). The molecule has 0 atom stereocenters. The van der Waals surface area contributed by atoms with E-state index in [1.54, 1.807) is 53.7 Å². The second-order valence-electron chi connectivity index (χ2n) is 10.4. The third-order valence-corrected chi connectivity index (χ3v) is 4.60. The first kappa shape index (κ1) is 35.7. The number of carbonyl (C=O) groups is 2. The lowest BCUT2D eigenvalue weighted by Gasteiger charge is -2.19. The Morgan fingerprint density at radius 1 is 0.925 bits per heavy atom. The summed E-state index contributed by atoms with van der Waals surface area (Å²) in [7, 11) is 0. The molecule has 0 bridgehead atoms. The predicted octanol–water partition coefficient (Wildman–Crippen LogP) is 3.44. The summed E-state index contributed by atoms with van der Waals surface area (Å²) in [6.45, 7) is 11.3. The molecule has 0 radical (unpaired) electrons. The van der Waals surface area contributed by atoms with Gasteiger partial charge in [0.1, 0.15) is 16.9 Å². The molecule has 0 aliphatic heterocycles. The maximum Gasteiger partial charge on any atom is 0.407 e. The molecule has 14 heteroatoms. The van der Waals surface area contributed by atoms with Crippen molar-refractivity contribution in [2.75, 3.05) is 18.8 Å². The summed E-state index contributed by atoms with van der Waals surface area (Å²) in [5.74, 6) is -0.598. The number of amides is 2. The van der Waals surface area contributed by atoms with Crippen LogP contribution in [-0.4, -0.2) is 46.9 Å². The summed E-state index contributed by atoms with van der Waals surface area (Å²) in [5.41, 5.74) is 5.78. The van der Waals surface area contributed by atoms with Gasteiger partial charge in [-0.1, -0.05) is 12.1 Å². The zero-order valence-electron chi connectivity index (χ0n) is 23.5. The first-order chi connectivity index (χ1) is 18.0. The molecule has 0 heterocycles. The Kier molecular flexibility index (Phi) is 14.2. The van der Waals surface area contributed by atoms with Gasteiger partial charge in [-0.25, -0.2) is 9.59 Å². The average molecular weight is 568 g/mol. The van der Waals surface area contributed by atoms with Gasteiger partial charge in [-0.2, -0.15) is 4.39 Å². The summed E-state index contributed by atoms with van der Waals surface area (Å²) >= 11 is 0. The van der Waals surface area contributed by atoms with Crippen LogP contribution in [0.1, 0.15) is 52.7 Å². The number of carbonyl (C=O) groups excluding carboxylic acids is 2. The normalized spacial score (nSPS) is 10.7. The van der Waals surface area contributed by atoms with Gasteiger partial charge in [0.25, 0.3) is 11.4 Å². The number of nitrogen functional groups attached to an aromatic ring is 1. The standard InChI is InChI=1S/C13H17FN2O3.C13H19N3O4.H2O/c1-13(2,3)19-12(17)15-7-6-9-4-5-10(14)11(8-9)16-18;1-13(2,3)20-12(17)15-7-6-9-4-5-10(14)11(8-9)16(18)19;/h4-5,8H,6-7H2,1-3H3,(H,15,17);4-5,8H,6-7,14H2,1-3H3,(H,15,17);1H2. The van der Waals surface area contributed by atoms with Crippen LogP contribution in [0.4, 0.5) is 31.0 Å². The smallest absolute Gasteiger partial charge is 0.407 e. The molecule has 0 aromatic heterocycles. The van der Waals surface area contributed by atoms with Gasteiger partial charge in [0.05, 0.1) is 4.92 Å². The van der Waals surface area contributed by atoms with Crippen molar-refractivity contribution < 1.29 is 39.0 Å². The van der Waals surface area contributed by atoms with E-state index >= 15 is 0 Å². The van der Waals surface area contributed by atoms with Crippen molar-refractivity contribution in [1.82, 2.24) is 10.6 Å². The van der Waals surface area contributed by atoms with Gasteiger partial charge in [-0.05, 0) is 77.6 Å². The van der Waals surface area contributed by atoms with E-state index in [4.69, 9.17) is 15.2 Å². The van der Waals surface area contributed by atoms with Crippen molar-refractivity contribution in [3.8, 4) is 0 Å². The first-order valence-corrected chi connectivity index (χ1v) is 12.1. The van der Waals surface area contributed by atoms with Crippen LogP contribution in [-0.2, 0) is 22.3 Å². The topological polar surface area (TPSA) is 207 Å². The quantitative estimate of drug-likeness (QED) is 0.209. The van der Waals surface area contributed by atoms with E-state index in [-0.39, 0.29) is 22.5 Å². The Hall–Kier alpha value is -4.33. The molecule has 13 nitrogen and oxygen atoms in total. The number of benzene rings is 2. The lowest BCUT2D eigenvalue weighted by Crippen LogP contribution is -2.56. The summed E-state index contributed by atoms with van der Waals surface area (Å²) < 4.78 is 23.2. The van der Waals surface area contributed by atoms with Crippen LogP contribution in [0.3, 0.4) is 0 Å². The average Bonchev–Trinajstić information content (AvgIpc) is 2.79. The molecule has 0 unspecified atom stereocenters. The fourth-order valence-electron chi connectivity index (χ4n) is 2.96. The van der Waals surface area contributed by atoms with Crippen LogP contribution in [0.25, 0.3) is 0 Å². The number of rotatable bonds is 8. The molecule has 0 spiro atoms. The number of hydrogen-bond acceptors (Lipinski definition) is 9. The Bertz CT molecular complexity index is 1160. The van der Waals surface area contributed by atoms with Crippen LogP contribution in [0, 0.1) is 20.8 Å². The Morgan fingerprint density at radius 3 is 1.80 bits per heavy atom. The van der Waals surface area contributed by atoms with Crippen molar-refractivity contribution in [2.45, 2.75) is 65.6 Å². The number of hydrogen-bond donors (Lipinski definition) is 4. The molecule has 40 heavy (non-hydrogen) atoms. The third-order valence-electron chi connectivity index (χ3n) is 4.60. The minimum Gasteiger partial charge on any atom is -0.870 e. The van der Waals surface area contributed by atoms with Crippen LogP contribution in [0.15, 0.2) is 36.4 Å². The number of halogens is 1. The highest BCUT2D eigenvalue weighted by atomic mass is 19.1. The monoisotopic (exact) mass is 567 g/mol. The molecule has 0 fully saturated rings. The van der Waals surface area contributed by atoms with Crippen molar-refractivity contribution >= 4 is 29.2 Å². The molecule has 0 aliphatic rings. The minimum atomic E-state index is -0.598. The first-order valence-electron chi connectivity index (χ1n) is 12.1. The summed E-state index contributed by atoms with van der Waals surface area (Å²) in [6.07, 6.45) is -0.0755. The number of ether oxygens (including phenoxy) is 2. The molecule has 0 aliphatic carbocycles. The van der Waals surface area contributed by atoms with Crippen molar-refractivity contribution in [1.29, 1.82) is 0 Å². The van der Waals surface area contributed by atoms with Gasteiger partial charge in [0, 0.05) is 35.3 Å². The highest BCUT2D eigenvalue weighted by Gasteiger charge is 2.17. The largest absolute Gasteiger partial charge is 0.870 e. The second-order valence-corrected chi connectivity index (χ2v) is 10.4. The second kappa shape index (κ2) is 15.9. The van der Waals surface area contributed by atoms with Crippen molar-refractivity contribution in [2.24, 2.45) is 0 Å². The van der Waals surface area contributed by atoms with E-state index in [0.717, 1.165) is 11.1 Å². The van der Waals surface area contributed by atoms with E-state index in [0.29, 0.717) is 25.9 Å². The molecule has 2 aromatic carbocycles. The van der Waals surface area contributed by atoms with Gasteiger partial charge in [-0.15, -0.1) is 0 Å². The fourth-order valence-corrected chi connectivity index (χ4v) is 2.96. The minimum absolute atomic E-state index is 0. The highest BCUT2D eigenvalue weighted by molar-refractivity contribution is 5.68. The van der Waals surface area contributed by atoms with E-state index < -0.39 is 34.1 Å². The van der Waals surface area contributed by atoms with E-state index in [2.05, 4.69) is 10.6 Å². The molecule has 0 saturated carbocycles. The predicted molar refractivity (Wildman–Crippen MR) is 146 cm³/mol. The number of nitro benzene ring substituents is 1. The maximum atomic E-state index is 13.1. The lowest BCUT2D eigenvalue weighted by atomic mass is 10.1. The fraction of sp³-hybridized carbons (Fsp3) is 0.462. The Labute approximate surface area is 232 Å². The van der Waals surface area contributed by atoms with Gasteiger partial charge in [0.2, 0.25) is 0 Å². The van der Waals surface area contributed by atoms with Gasteiger partial charge >= 0.3 is 12.2 Å². The van der Waals surface area contributed by atoms with Gasteiger partial charge in [-0.3, -0.25) is 10.1 Å². The van der Waals surface area contributed by atoms with Crippen LogP contribution in [0.2, 0.25) is 0 Å². The molecule has 0 saturated heterocycles. The Morgan fingerprint density at radius 2 is 1.38 bits per heavy atom. The molecule has 2 amide bonds. The number of alkyl carbamates (subject to hydrolysis) is 2. The zero-order valence-corrected chi connectivity index (χ0v) is 23.5. The number of nitrogens with zero attached hydrogens (tertiary/aromatic N) is 1. The van der Waals surface area contributed by atoms with Crippen LogP contribution >= 0.6 is 0 Å². The zero-order chi connectivity index (χ0) is 29.8. The van der Waals surface area contributed by atoms with Gasteiger partial charge in [0.15, 0.2) is 5.82 Å². The van der Waals surface area contributed by atoms with Gasteiger partial charge < -0.3 is 31.3 Å². The number of anilines is 1. The molecular weight excluding hydrogens is 529 g/mol. The summed E-state index contributed by atoms with van der Waals surface area (Å²) in [5, 5.41) is 17.5. The number of nitrogens with two attached hydrogens (primary N) is 1. The van der Waals surface area contributed by atoms with Crippen molar-refractivity contribution in [3.63, 3.8) is 0 Å². The number of nitrogens with one attached hydrogen (secondary N) is 3. The SMILES string of the molecule is CC(C)(C)OC(=O)NCCc1ccc(F)c([NH+]=O)c1.CC(C)(C)OC(=O)NCCc1ccc(N)c([N+](=O)[O-])c1.[OH-]. The number of nitro groups is 1. The van der Waals surface area contributed by atoms with E-state index in [1.807, 2.05) is 0 Å². The third kappa shape index (κ3) is 14.6. The maximum absolute atomic E-state index is 13.1. The number of nitroso groups, excluding NO2 is 1. The molecule has 6 N–H and O–H groups in total. The van der Waals surface area contributed by atoms with E-state index in [9.17, 15) is 29.0 Å². The highest BCUT2D eigenvalue weighted by Crippen LogP contribution is 2.22. The molecular formula is C26H38FN5O8. The van der Waals surface area contributed by atoms with E-state index in [1.165, 1.54) is 29.4 Å². The van der Waals surface area contributed by atoms with Crippen molar-refractivity contribution in [3.05, 3.63) is 68.4 Å². The summed E-state index contributed by atoms with van der Waals surface area (Å²) in [6, 6.07) is 8.78. The summed E-state index contributed by atoms with van der Waals surface area (Å²) in [4.78, 5) is 43.5.